The molecule has 2 fully saturated rings. The van der Waals surface area contributed by atoms with E-state index in [1.54, 1.807) is 36.3 Å². The zero-order chi connectivity index (χ0) is 23.6. The Morgan fingerprint density at radius 3 is 2.39 bits per heavy atom. The molecular weight excluding hydrogens is 458 g/mol. The van der Waals surface area contributed by atoms with Crippen molar-refractivity contribution in [3.8, 4) is 11.5 Å². The molecule has 4 rings (SSSR count). The third-order valence-electron chi connectivity index (χ3n) is 5.77. The molecule has 2 saturated heterocycles. The van der Waals surface area contributed by atoms with E-state index in [0.717, 1.165) is 16.4 Å². The summed E-state index contributed by atoms with van der Waals surface area (Å²) in [6.45, 7) is 0.672. The van der Waals surface area contributed by atoms with Crippen molar-refractivity contribution in [1.29, 1.82) is 0 Å². The second kappa shape index (κ2) is 9.52. The van der Waals surface area contributed by atoms with Crippen LogP contribution < -0.4 is 9.47 Å². The molecule has 2 aromatic carbocycles. The smallest absolute Gasteiger partial charge is 0.410 e. The van der Waals surface area contributed by atoms with Gasteiger partial charge < -0.3 is 19.1 Å². The number of cyclic esters (lactones) is 1. The Bertz CT molecular complexity index is 1100. The van der Waals surface area contributed by atoms with Gasteiger partial charge in [0.1, 0.15) is 34.6 Å². The first kappa shape index (κ1) is 23.2. The van der Waals surface area contributed by atoms with Crippen LogP contribution in [0.4, 0.5) is 13.6 Å². The minimum absolute atomic E-state index is 0.0831. The lowest BCUT2D eigenvalue weighted by molar-refractivity contribution is 0.0999. The number of carbonyl (C=O) groups is 1. The maximum absolute atomic E-state index is 14.0. The van der Waals surface area contributed by atoms with Gasteiger partial charge in [-0.1, -0.05) is 0 Å². The highest BCUT2D eigenvalue weighted by atomic mass is 32.2. The van der Waals surface area contributed by atoms with E-state index in [-0.39, 0.29) is 25.7 Å². The highest BCUT2D eigenvalue weighted by Crippen LogP contribution is 2.28. The van der Waals surface area contributed by atoms with Crippen molar-refractivity contribution in [2.24, 2.45) is 0 Å². The molecule has 2 aromatic rings. The Morgan fingerprint density at radius 2 is 1.73 bits per heavy atom. The van der Waals surface area contributed by atoms with Gasteiger partial charge in [0.2, 0.25) is 10.0 Å². The molecule has 178 valence electrons. The van der Waals surface area contributed by atoms with Crippen molar-refractivity contribution in [3.05, 3.63) is 54.1 Å². The quantitative estimate of drug-likeness (QED) is 0.603. The van der Waals surface area contributed by atoms with Crippen LogP contribution in [0.2, 0.25) is 0 Å². The van der Waals surface area contributed by atoms with Gasteiger partial charge in [0.15, 0.2) is 6.10 Å². The summed E-state index contributed by atoms with van der Waals surface area (Å²) in [5, 5.41) is 0. The number of benzene rings is 2. The summed E-state index contributed by atoms with van der Waals surface area (Å²) in [5.74, 6) is -0.503. The molecule has 11 heteroatoms. The first-order valence-corrected chi connectivity index (χ1v) is 11.9. The third-order valence-corrected chi connectivity index (χ3v) is 7.69. The molecule has 1 unspecified atom stereocenters. The van der Waals surface area contributed by atoms with Gasteiger partial charge in [0.05, 0.1) is 13.7 Å². The van der Waals surface area contributed by atoms with Crippen LogP contribution in [-0.2, 0) is 14.8 Å². The Balaban J connectivity index is 1.32. The second-order valence-corrected chi connectivity index (χ2v) is 9.76. The monoisotopic (exact) mass is 482 g/mol. The van der Waals surface area contributed by atoms with Crippen molar-refractivity contribution < 1.29 is 36.2 Å². The van der Waals surface area contributed by atoms with Crippen molar-refractivity contribution in [2.75, 3.05) is 33.4 Å². The van der Waals surface area contributed by atoms with E-state index >= 15 is 0 Å². The number of halogens is 2. The number of ether oxygens (including phenoxy) is 3. The van der Waals surface area contributed by atoms with Crippen LogP contribution >= 0.6 is 0 Å². The lowest BCUT2D eigenvalue weighted by Crippen LogP contribution is -2.47. The standard InChI is InChI=1S/C22H24F2N2O6S/c1-30-17-3-5-18(6-4-17)31-14-19-13-26(22(27)32-19)16-8-10-25(11-9-16)33(28,29)21-12-15(23)2-7-20(21)24/h2-7,12,16,19H,8-11,13-14H2,1H3. The molecule has 0 aromatic heterocycles. The first-order chi connectivity index (χ1) is 15.8. The molecule has 1 atom stereocenters. The number of sulfonamides is 1. The number of carbonyl (C=O) groups excluding carboxylic acids is 1. The number of hydrogen-bond acceptors (Lipinski definition) is 6. The fourth-order valence-electron chi connectivity index (χ4n) is 4.00. The van der Waals surface area contributed by atoms with Gasteiger partial charge in [-0.05, 0) is 55.3 Å². The highest BCUT2D eigenvalue weighted by molar-refractivity contribution is 7.89. The number of piperidine rings is 1. The van der Waals surface area contributed by atoms with Gasteiger partial charge in [0, 0.05) is 19.1 Å². The molecule has 0 radical (unpaired) electrons. The normalized spacial score (nSPS) is 20.0. The number of methoxy groups -OCH3 is 1. The van der Waals surface area contributed by atoms with Gasteiger partial charge in [-0.15, -0.1) is 0 Å². The predicted octanol–water partition coefficient (Wildman–Crippen LogP) is 3.03. The third kappa shape index (κ3) is 5.03. The zero-order valence-electron chi connectivity index (χ0n) is 17.9. The van der Waals surface area contributed by atoms with E-state index in [1.807, 2.05) is 0 Å². The van der Waals surface area contributed by atoms with Gasteiger partial charge in [0.25, 0.3) is 0 Å². The summed E-state index contributed by atoms with van der Waals surface area (Å²) in [6, 6.07) is 9.17. The Labute approximate surface area is 190 Å². The lowest BCUT2D eigenvalue weighted by Gasteiger charge is -2.34. The van der Waals surface area contributed by atoms with E-state index in [2.05, 4.69) is 0 Å². The molecule has 33 heavy (non-hydrogen) atoms. The zero-order valence-corrected chi connectivity index (χ0v) is 18.8. The van der Waals surface area contributed by atoms with Crippen LogP contribution in [0.1, 0.15) is 12.8 Å². The molecule has 0 saturated carbocycles. The van der Waals surface area contributed by atoms with Crippen molar-refractivity contribution in [1.82, 2.24) is 9.21 Å². The van der Waals surface area contributed by atoms with Crippen LogP contribution in [0, 0.1) is 11.6 Å². The van der Waals surface area contributed by atoms with Crippen molar-refractivity contribution >= 4 is 16.1 Å². The molecule has 0 aliphatic carbocycles. The summed E-state index contributed by atoms with van der Waals surface area (Å²) >= 11 is 0. The van der Waals surface area contributed by atoms with E-state index in [1.165, 1.54) is 0 Å². The SMILES string of the molecule is COc1ccc(OCC2CN(C3CCN(S(=O)(=O)c4cc(F)ccc4F)CC3)C(=O)O2)cc1. The van der Waals surface area contributed by atoms with Gasteiger partial charge in [-0.2, -0.15) is 4.31 Å². The summed E-state index contributed by atoms with van der Waals surface area (Å²) in [7, 11) is -2.60. The van der Waals surface area contributed by atoms with Gasteiger partial charge >= 0.3 is 6.09 Å². The summed E-state index contributed by atoms with van der Waals surface area (Å²) < 4.78 is 70.3. The van der Waals surface area contributed by atoms with E-state index in [0.29, 0.717) is 37.0 Å². The molecule has 0 spiro atoms. The maximum atomic E-state index is 14.0. The van der Waals surface area contributed by atoms with Crippen LogP contribution in [0.25, 0.3) is 0 Å². The number of nitrogens with zero attached hydrogens (tertiary/aromatic N) is 2. The predicted molar refractivity (Wildman–Crippen MR) is 114 cm³/mol. The average Bonchev–Trinajstić information content (AvgIpc) is 3.20. The molecule has 2 aliphatic rings. The topological polar surface area (TPSA) is 85.4 Å². The largest absolute Gasteiger partial charge is 0.497 e. The number of amides is 1. The second-order valence-electron chi connectivity index (χ2n) is 7.85. The Morgan fingerprint density at radius 1 is 1.06 bits per heavy atom. The summed E-state index contributed by atoms with van der Waals surface area (Å²) in [5.41, 5.74) is 0. The Kier molecular flexibility index (Phi) is 6.71. The molecule has 1 amide bonds. The van der Waals surface area contributed by atoms with Crippen molar-refractivity contribution in [3.63, 3.8) is 0 Å². The minimum atomic E-state index is -4.18. The van der Waals surface area contributed by atoms with Crippen LogP contribution in [-0.4, -0.2) is 69.2 Å². The maximum Gasteiger partial charge on any atom is 0.410 e. The lowest BCUT2D eigenvalue weighted by atomic mass is 10.1. The summed E-state index contributed by atoms with van der Waals surface area (Å²) in [4.78, 5) is 13.3. The fraction of sp³-hybridized carbons (Fsp3) is 0.409. The van der Waals surface area contributed by atoms with Gasteiger partial charge in [-0.3, -0.25) is 0 Å². The molecule has 2 aliphatic heterocycles. The molecular formula is C22H24F2N2O6S. The van der Waals surface area contributed by atoms with Crippen LogP contribution in [0.3, 0.4) is 0 Å². The Hall–Kier alpha value is -2.92. The molecule has 0 bridgehead atoms. The van der Waals surface area contributed by atoms with E-state index in [4.69, 9.17) is 14.2 Å². The first-order valence-electron chi connectivity index (χ1n) is 10.5. The van der Waals surface area contributed by atoms with Gasteiger partial charge in [-0.25, -0.2) is 22.0 Å². The molecule has 8 nitrogen and oxygen atoms in total. The average molecular weight is 483 g/mol. The van der Waals surface area contributed by atoms with E-state index in [9.17, 15) is 22.0 Å². The summed E-state index contributed by atoms with van der Waals surface area (Å²) in [6.07, 6.45) is -0.215. The van der Waals surface area contributed by atoms with Crippen molar-refractivity contribution in [2.45, 2.75) is 29.9 Å². The fourth-order valence-corrected chi connectivity index (χ4v) is 5.54. The molecule has 0 N–H and O–H groups in total. The van der Waals surface area contributed by atoms with Crippen LogP contribution in [0.15, 0.2) is 47.4 Å². The minimum Gasteiger partial charge on any atom is -0.497 e. The van der Waals surface area contributed by atoms with E-state index < -0.39 is 38.8 Å². The number of rotatable bonds is 7. The van der Waals surface area contributed by atoms with Crippen LogP contribution in [0.5, 0.6) is 11.5 Å². The highest BCUT2D eigenvalue weighted by Gasteiger charge is 2.40. The molecule has 2 heterocycles. The number of hydrogen-bond donors (Lipinski definition) is 0.